The summed E-state index contributed by atoms with van der Waals surface area (Å²) < 4.78 is 5.53. The Morgan fingerprint density at radius 2 is 1.94 bits per heavy atom. The van der Waals surface area contributed by atoms with Crippen LogP contribution in [0.25, 0.3) is 0 Å². The Kier molecular flexibility index (Phi) is 6.29. The standard InChI is InChI=1S/C25H30ClNO4/c1-3-31-20-8-5-17(6-9-20)13-18-14-19(7-10-21(18)26)25-12-4-11-24(23(25)29,15-22(25)28)16-27-30-2/h5-10,14,16,22-23,28-29H,3-4,11-13,15H2,1-2H3/b27-16+. The molecule has 4 atom stereocenters. The molecule has 0 radical (unpaired) electrons. The van der Waals surface area contributed by atoms with Crippen molar-refractivity contribution in [3.63, 3.8) is 0 Å². The molecule has 0 spiro atoms. The van der Waals surface area contributed by atoms with Crippen molar-refractivity contribution in [1.82, 2.24) is 0 Å². The molecule has 4 rings (SSSR count). The minimum absolute atomic E-state index is 0.470. The van der Waals surface area contributed by atoms with E-state index in [4.69, 9.17) is 21.2 Å². The molecule has 0 saturated heterocycles. The van der Waals surface area contributed by atoms with Crippen LogP contribution in [0.4, 0.5) is 0 Å². The third-order valence-corrected chi connectivity index (χ3v) is 7.43. The number of benzene rings is 2. The van der Waals surface area contributed by atoms with Gasteiger partial charge in [0.25, 0.3) is 0 Å². The van der Waals surface area contributed by atoms with Crippen molar-refractivity contribution in [2.24, 2.45) is 10.6 Å². The lowest BCUT2D eigenvalue weighted by atomic mass is 9.63. The zero-order valence-corrected chi connectivity index (χ0v) is 18.8. The van der Waals surface area contributed by atoms with Crippen LogP contribution in [0.15, 0.2) is 47.6 Å². The summed E-state index contributed by atoms with van der Waals surface area (Å²) in [6, 6.07) is 13.9. The van der Waals surface area contributed by atoms with Gasteiger partial charge in [-0.05, 0) is 67.5 Å². The molecular formula is C25H30ClNO4. The first-order valence-corrected chi connectivity index (χ1v) is 11.3. The third kappa shape index (κ3) is 3.84. The van der Waals surface area contributed by atoms with Gasteiger partial charge < -0.3 is 19.8 Å². The monoisotopic (exact) mass is 443 g/mol. The lowest BCUT2D eigenvalue weighted by molar-refractivity contribution is -0.0140. The lowest BCUT2D eigenvalue weighted by Gasteiger charge is -2.44. The van der Waals surface area contributed by atoms with Gasteiger partial charge in [-0.3, -0.25) is 0 Å². The summed E-state index contributed by atoms with van der Waals surface area (Å²) >= 11 is 6.55. The second kappa shape index (κ2) is 8.81. The topological polar surface area (TPSA) is 71.3 Å². The Balaban J connectivity index is 1.66. The summed E-state index contributed by atoms with van der Waals surface area (Å²) in [6.45, 7) is 2.60. The van der Waals surface area contributed by atoms with Crippen LogP contribution in [0.1, 0.15) is 49.3 Å². The first-order chi connectivity index (χ1) is 14.9. The van der Waals surface area contributed by atoms with Gasteiger partial charge in [-0.1, -0.05) is 47.4 Å². The zero-order valence-electron chi connectivity index (χ0n) is 18.1. The van der Waals surface area contributed by atoms with Gasteiger partial charge in [-0.25, -0.2) is 0 Å². The van der Waals surface area contributed by atoms with Crippen LogP contribution in [0.5, 0.6) is 5.75 Å². The van der Waals surface area contributed by atoms with Gasteiger partial charge in [0.2, 0.25) is 0 Å². The molecule has 0 amide bonds. The van der Waals surface area contributed by atoms with Crippen molar-refractivity contribution in [1.29, 1.82) is 0 Å². The Labute approximate surface area is 188 Å². The van der Waals surface area contributed by atoms with Crippen LogP contribution in [-0.2, 0) is 16.7 Å². The summed E-state index contributed by atoms with van der Waals surface area (Å²) in [5.41, 5.74) is 1.74. The van der Waals surface area contributed by atoms with Crippen LogP contribution in [0.2, 0.25) is 5.02 Å². The maximum Gasteiger partial charge on any atom is 0.119 e. The molecule has 0 aromatic heterocycles. The smallest absolute Gasteiger partial charge is 0.119 e. The second-order valence-electron chi connectivity index (χ2n) is 8.73. The highest BCUT2D eigenvalue weighted by Crippen LogP contribution is 2.59. The Hall–Kier alpha value is -2.08. The number of halogens is 1. The molecule has 2 aliphatic carbocycles. The van der Waals surface area contributed by atoms with Crippen molar-refractivity contribution >= 4 is 17.8 Å². The molecule has 31 heavy (non-hydrogen) atoms. The Morgan fingerprint density at radius 3 is 2.65 bits per heavy atom. The molecule has 6 heteroatoms. The van der Waals surface area contributed by atoms with E-state index in [1.165, 1.54) is 7.11 Å². The van der Waals surface area contributed by atoms with E-state index in [0.29, 0.717) is 24.5 Å². The molecule has 2 fully saturated rings. The van der Waals surface area contributed by atoms with E-state index in [1.807, 2.05) is 43.3 Å². The van der Waals surface area contributed by atoms with Crippen molar-refractivity contribution in [2.75, 3.05) is 13.7 Å². The van der Waals surface area contributed by atoms with Gasteiger partial charge >= 0.3 is 0 Å². The van der Waals surface area contributed by atoms with Crippen LogP contribution in [0.3, 0.4) is 0 Å². The molecule has 2 saturated carbocycles. The van der Waals surface area contributed by atoms with Crippen LogP contribution < -0.4 is 4.74 Å². The fourth-order valence-corrected chi connectivity index (χ4v) is 5.72. The fraction of sp³-hybridized carbons (Fsp3) is 0.480. The first kappa shape index (κ1) is 22.1. The van der Waals surface area contributed by atoms with Gasteiger partial charge in [-0.15, -0.1) is 0 Å². The molecule has 2 bridgehead atoms. The number of oxime groups is 1. The highest BCUT2D eigenvalue weighted by Gasteiger charge is 2.64. The molecule has 2 aliphatic rings. The normalized spacial score (nSPS) is 30.0. The summed E-state index contributed by atoms with van der Waals surface area (Å²) in [4.78, 5) is 4.89. The number of ether oxygens (including phenoxy) is 1. The highest BCUT2D eigenvalue weighted by atomic mass is 35.5. The maximum absolute atomic E-state index is 11.4. The SMILES string of the molecule is CCOc1ccc(Cc2cc(C34CCCC(/C=N/OC)(CC3O)C4O)ccc2Cl)cc1. The lowest BCUT2D eigenvalue weighted by Crippen LogP contribution is -2.50. The van der Waals surface area contributed by atoms with Crippen molar-refractivity contribution in [3.05, 3.63) is 64.2 Å². The minimum Gasteiger partial charge on any atom is -0.494 e. The second-order valence-corrected chi connectivity index (χ2v) is 9.13. The number of nitrogens with zero attached hydrogens (tertiary/aromatic N) is 1. The van der Waals surface area contributed by atoms with E-state index in [0.717, 1.165) is 41.7 Å². The predicted octanol–water partition coefficient (Wildman–Crippen LogP) is 4.50. The van der Waals surface area contributed by atoms with E-state index in [9.17, 15) is 10.2 Å². The molecule has 4 unspecified atom stereocenters. The van der Waals surface area contributed by atoms with E-state index in [2.05, 4.69) is 11.2 Å². The largest absolute Gasteiger partial charge is 0.494 e. The molecule has 0 aliphatic heterocycles. The zero-order chi connectivity index (χ0) is 22.1. The molecule has 2 aromatic carbocycles. The van der Waals surface area contributed by atoms with Gasteiger partial charge in [-0.2, -0.15) is 0 Å². The van der Waals surface area contributed by atoms with Crippen molar-refractivity contribution < 1.29 is 19.8 Å². The van der Waals surface area contributed by atoms with E-state index < -0.39 is 23.0 Å². The summed E-state index contributed by atoms with van der Waals surface area (Å²) in [6.07, 6.45) is 3.85. The minimum atomic E-state index is -0.734. The molecule has 2 N–H and O–H groups in total. The Bertz CT molecular complexity index is 947. The fourth-order valence-electron chi connectivity index (χ4n) is 5.53. The quantitative estimate of drug-likeness (QED) is 0.488. The Morgan fingerprint density at radius 1 is 1.16 bits per heavy atom. The van der Waals surface area contributed by atoms with Gasteiger partial charge in [0.05, 0.1) is 25.0 Å². The average molecular weight is 444 g/mol. The highest BCUT2D eigenvalue weighted by molar-refractivity contribution is 6.31. The number of hydrogen-bond acceptors (Lipinski definition) is 5. The number of rotatable bonds is 7. The third-order valence-electron chi connectivity index (χ3n) is 7.06. The summed E-state index contributed by atoms with van der Waals surface area (Å²) in [5, 5.41) is 27.2. The van der Waals surface area contributed by atoms with Gasteiger partial charge in [0.1, 0.15) is 12.9 Å². The van der Waals surface area contributed by atoms with Gasteiger partial charge in [0, 0.05) is 15.9 Å². The van der Waals surface area contributed by atoms with Crippen LogP contribution in [-0.4, -0.2) is 42.4 Å². The molecule has 0 heterocycles. The molecular weight excluding hydrogens is 414 g/mol. The molecule has 166 valence electrons. The predicted molar refractivity (Wildman–Crippen MR) is 122 cm³/mol. The van der Waals surface area contributed by atoms with Crippen LogP contribution >= 0.6 is 11.6 Å². The summed E-state index contributed by atoms with van der Waals surface area (Å²) in [5.74, 6) is 0.846. The maximum atomic E-state index is 11.4. The van der Waals surface area contributed by atoms with Gasteiger partial charge in [0.15, 0.2) is 0 Å². The van der Waals surface area contributed by atoms with E-state index in [-0.39, 0.29) is 0 Å². The average Bonchev–Trinajstić information content (AvgIpc) is 2.87. The number of aliphatic hydroxyl groups excluding tert-OH is 2. The van der Waals surface area contributed by atoms with E-state index in [1.54, 1.807) is 6.21 Å². The summed E-state index contributed by atoms with van der Waals surface area (Å²) in [7, 11) is 1.49. The van der Waals surface area contributed by atoms with Crippen LogP contribution in [0, 0.1) is 5.41 Å². The number of aliphatic hydroxyl groups is 2. The molecule has 2 aromatic rings. The van der Waals surface area contributed by atoms with Crippen molar-refractivity contribution in [3.8, 4) is 5.75 Å². The van der Waals surface area contributed by atoms with E-state index >= 15 is 0 Å². The number of fused-ring (bicyclic) bond motifs is 2. The van der Waals surface area contributed by atoms with Crippen molar-refractivity contribution in [2.45, 2.75) is 56.7 Å². The molecule has 5 nitrogen and oxygen atoms in total. The number of hydrogen-bond donors (Lipinski definition) is 2. The first-order valence-electron chi connectivity index (χ1n) is 10.9.